The van der Waals surface area contributed by atoms with Crippen LogP contribution in [0, 0.1) is 0 Å². The van der Waals surface area contributed by atoms with Crippen molar-refractivity contribution in [3.8, 4) is 0 Å². The maximum absolute atomic E-state index is 9.05. The van der Waals surface area contributed by atoms with E-state index in [4.69, 9.17) is 9.59 Å². The van der Waals surface area contributed by atoms with Gasteiger partial charge in [-0.15, -0.1) is 0 Å². The molecule has 0 heterocycles. The van der Waals surface area contributed by atoms with E-state index in [1.54, 1.807) is 26.4 Å². The average Bonchev–Trinajstić information content (AvgIpc) is 1.88. The van der Waals surface area contributed by atoms with Crippen LogP contribution in [0.2, 0.25) is 0 Å². The SMILES string of the molecule is C.CC[C-]=O.CC[C-]=O.[Co+2]. The molecule has 0 aromatic rings. The molecule has 0 aliphatic carbocycles. The summed E-state index contributed by atoms with van der Waals surface area (Å²) >= 11 is 0. The minimum atomic E-state index is 0. The molecule has 0 spiro atoms. The van der Waals surface area contributed by atoms with E-state index in [2.05, 4.69) is 0 Å². The molecule has 0 saturated heterocycles. The Balaban J connectivity index is -0.0000000300. The zero-order valence-corrected chi connectivity index (χ0v) is 6.61. The van der Waals surface area contributed by atoms with Crippen LogP contribution in [0.25, 0.3) is 0 Å². The standard InChI is InChI=1S/2C3H5O.CH4.Co/c2*1-2-3-4;;/h2*2H2,1H3;1H4;/q2*-1;;+2. The number of carbonyl (C=O) groups excluding carboxylic acids is 2. The molecule has 0 aliphatic rings. The molecule has 0 aliphatic heterocycles. The molecule has 1 radical (unpaired) electrons. The first-order valence-electron chi connectivity index (χ1n) is 2.53. The van der Waals surface area contributed by atoms with Crippen molar-refractivity contribution in [3.63, 3.8) is 0 Å². The molecule has 0 saturated carbocycles. The maximum atomic E-state index is 9.05. The molecule has 0 atom stereocenters. The fraction of sp³-hybridized carbons (Fsp3) is 0.714. The Bertz CT molecular complexity index is 47.6. The molecule has 0 N–H and O–H groups in total. The van der Waals surface area contributed by atoms with Crippen LogP contribution in [-0.4, -0.2) is 12.6 Å². The zero-order valence-electron chi connectivity index (χ0n) is 5.56. The van der Waals surface area contributed by atoms with Crippen molar-refractivity contribution in [1.29, 1.82) is 0 Å². The molecule has 0 amide bonds. The molecule has 0 unspecified atom stereocenters. The van der Waals surface area contributed by atoms with Gasteiger partial charge in [0.15, 0.2) is 0 Å². The average molecular weight is 189 g/mol. The van der Waals surface area contributed by atoms with E-state index in [1.165, 1.54) is 0 Å². The van der Waals surface area contributed by atoms with Gasteiger partial charge < -0.3 is 9.59 Å². The van der Waals surface area contributed by atoms with E-state index >= 15 is 0 Å². The largest absolute Gasteiger partial charge is 2.00 e. The van der Waals surface area contributed by atoms with Crippen molar-refractivity contribution < 1.29 is 26.4 Å². The normalized spacial score (nSPS) is 5.00. The van der Waals surface area contributed by atoms with Crippen molar-refractivity contribution in [2.75, 3.05) is 0 Å². The molecule has 0 aromatic carbocycles. The summed E-state index contributed by atoms with van der Waals surface area (Å²) in [6.07, 6.45) is 4.39. The third-order valence-corrected chi connectivity index (χ3v) is 0.289. The van der Waals surface area contributed by atoms with Gasteiger partial charge in [-0.1, -0.05) is 21.3 Å². The Hall–Kier alpha value is -0.154. The second-order valence-corrected chi connectivity index (χ2v) is 0.996. The summed E-state index contributed by atoms with van der Waals surface area (Å²) in [6, 6.07) is 0. The number of hydrogen-bond donors (Lipinski definition) is 0. The van der Waals surface area contributed by atoms with Crippen LogP contribution in [-0.2, 0) is 26.4 Å². The third kappa shape index (κ3) is 108. The first-order chi connectivity index (χ1) is 3.83. The van der Waals surface area contributed by atoms with Crippen molar-refractivity contribution >= 4 is 12.6 Å². The van der Waals surface area contributed by atoms with Gasteiger partial charge in [-0.3, -0.25) is 12.6 Å². The monoisotopic (exact) mass is 189 g/mol. The maximum Gasteiger partial charge on any atom is 2.00 e. The molecule has 3 heteroatoms. The van der Waals surface area contributed by atoms with Gasteiger partial charge in [-0.05, 0) is 0 Å². The molecule has 0 rings (SSSR count). The van der Waals surface area contributed by atoms with Crippen LogP contribution in [0.1, 0.15) is 34.1 Å². The fourth-order valence-corrected chi connectivity index (χ4v) is 0. The summed E-state index contributed by atoms with van der Waals surface area (Å²) in [5.74, 6) is 0. The van der Waals surface area contributed by atoms with Crippen LogP contribution >= 0.6 is 0 Å². The number of rotatable bonds is 2. The minimum absolute atomic E-state index is 0. The van der Waals surface area contributed by atoms with Crippen LogP contribution < -0.4 is 0 Å². The van der Waals surface area contributed by atoms with Gasteiger partial charge in [0.2, 0.25) is 0 Å². The van der Waals surface area contributed by atoms with Gasteiger partial charge in [0.1, 0.15) is 0 Å². The van der Waals surface area contributed by atoms with Gasteiger partial charge in [0.05, 0.1) is 0 Å². The van der Waals surface area contributed by atoms with E-state index in [9.17, 15) is 0 Å². The topological polar surface area (TPSA) is 34.1 Å². The van der Waals surface area contributed by atoms with Crippen molar-refractivity contribution in [1.82, 2.24) is 0 Å². The van der Waals surface area contributed by atoms with E-state index in [0.29, 0.717) is 12.8 Å². The smallest absolute Gasteiger partial charge is 0.542 e. The van der Waals surface area contributed by atoms with Crippen LogP contribution in [0.15, 0.2) is 0 Å². The van der Waals surface area contributed by atoms with Crippen molar-refractivity contribution in [3.05, 3.63) is 0 Å². The van der Waals surface area contributed by atoms with Crippen molar-refractivity contribution in [2.45, 2.75) is 34.1 Å². The Kier molecular flexibility index (Phi) is 83.0. The predicted molar refractivity (Wildman–Crippen MR) is 38.7 cm³/mol. The summed E-state index contributed by atoms with van der Waals surface area (Å²) < 4.78 is 0. The summed E-state index contributed by atoms with van der Waals surface area (Å²) in [6.45, 7) is 3.51. The van der Waals surface area contributed by atoms with E-state index in [1.807, 2.05) is 0 Å². The summed E-state index contributed by atoms with van der Waals surface area (Å²) in [5, 5.41) is 0. The van der Waals surface area contributed by atoms with Gasteiger partial charge in [0.25, 0.3) is 0 Å². The minimum Gasteiger partial charge on any atom is -0.542 e. The molecule has 0 fully saturated rings. The second-order valence-electron chi connectivity index (χ2n) is 0.996. The second kappa shape index (κ2) is 36.8. The molecule has 10 heavy (non-hydrogen) atoms. The number of hydrogen-bond acceptors (Lipinski definition) is 2. The van der Waals surface area contributed by atoms with Gasteiger partial charge >= 0.3 is 16.8 Å². The summed E-state index contributed by atoms with van der Waals surface area (Å²) in [5.41, 5.74) is 0. The Morgan fingerprint density at radius 1 is 1.00 bits per heavy atom. The van der Waals surface area contributed by atoms with Gasteiger partial charge in [-0.2, -0.15) is 12.8 Å². The fourth-order valence-electron chi connectivity index (χ4n) is 0. The summed E-state index contributed by atoms with van der Waals surface area (Å²) in [7, 11) is 0. The van der Waals surface area contributed by atoms with E-state index < -0.39 is 0 Å². The Morgan fingerprint density at radius 3 is 1.10 bits per heavy atom. The Morgan fingerprint density at radius 2 is 1.10 bits per heavy atom. The van der Waals surface area contributed by atoms with Gasteiger partial charge in [-0.25, -0.2) is 0 Å². The molecule has 63 valence electrons. The van der Waals surface area contributed by atoms with Gasteiger partial charge in [0, 0.05) is 0 Å². The molecule has 0 aromatic heterocycles. The zero-order chi connectivity index (χ0) is 6.83. The Labute approximate surface area is 73.6 Å². The van der Waals surface area contributed by atoms with E-state index in [0.717, 1.165) is 0 Å². The molecular weight excluding hydrogens is 175 g/mol. The quantitative estimate of drug-likeness (QED) is 0.619. The van der Waals surface area contributed by atoms with Crippen LogP contribution in [0.5, 0.6) is 0 Å². The third-order valence-electron chi connectivity index (χ3n) is 0.289. The first-order valence-corrected chi connectivity index (χ1v) is 2.53. The molecule has 2 nitrogen and oxygen atoms in total. The van der Waals surface area contributed by atoms with Crippen LogP contribution in [0.3, 0.4) is 0 Å². The predicted octanol–water partition coefficient (Wildman–Crippen LogP) is 1.65. The van der Waals surface area contributed by atoms with E-state index in [-0.39, 0.29) is 24.2 Å². The van der Waals surface area contributed by atoms with Crippen LogP contribution in [0.4, 0.5) is 0 Å². The first kappa shape index (κ1) is 22.5. The molecule has 0 bridgehead atoms. The molecular formula is C7H14CoO2. The van der Waals surface area contributed by atoms with Crippen molar-refractivity contribution in [2.24, 2.45) is 0 Å². The summed E-state index contributed by atoms with van der Waals surface area (Å²) in [4.78, 5) is 18.1.